The molecule has 98 valence electrons. The molecule has 1 amide bonds. The number of nitrogens with zero attached hydrogens (tertiary/aromatic N) is 1. The third-order valence-corrected chi connectivity index (χ3v) is 2.87. The van der Waals surface area contributed by atoms with Crippen molar-refractivity contribution in [3.8, 4) is 0 Å². The van der Waals surface area contributed by atoms with Crippen LogP contribution >= 0.6 is 0 Å². The third-order valence-electron chi connectivity index (χ3n) is 2.87. The third kappa shape index (κ3) is 2.49. The van der Waals surface area contributed by atoms with Gasteiger partial charge in [0, 0.05) is 12.1 Å². The topological polar surface area (TPSA) is 49.8 Å². The highest BCUT2D eigenvalue weighted by Crippen LogP contribution is 2.15. The molecule has 6 heteroatoms. The highest BCUT2D eigenvalue weighted by atomic mass is 19.2. The standard InChI is InChI=1S/C12H13F2NO3/c13-10-2-1-8(5-11(10)14)12(17)15-3-4-18-7-9(15)6-16/h1-2,5,9,16H,3-4,6-7H2/t9-/m0/s1. The van der Waals surface area contributed by atoms with Gasteiger partial charge in [0.15, 0.2) is 11.6 Å². The van der Waals surface area contributed by atoms with Gasteiger partial charge in [0.1, 0.15) is 0 Å². The van der Waals surface area contributed by atoms with E-state index in [4.69, 9.17) is 9.84 Å². The molecule has 0 unspecified atom stereocenters. The number of hydrogen-bond donors (Lipinski definition) is 1. The van der Waals surface area contributed by atoms with Gasteiger partial charge in [-0.05, 0) is 18.2 Å². The Bertz CT molecular complexity index is 453. The average Bonchev–Trinajstić information content (AvgIpc) is 2.41. The van der Waals surface area contributed by atoms with Gasteiger partial charge in [-0.1, -0.05) is 0 Å². The number of rotatable bonds is 2. The maximum Gasteiger partial charge on any atom is 0.254 e. The van der Waals surface area contributed by atoms with E-state index in [0.717, 1.165) is 12.1 Å². The van der Waals surface area contributed by atoms with Crippen LogP contribution in [0, 0.1) is 11.6 Å². The number of aliphatic hydroxyl groups is 1. The first kappa shape index (κ1) is 12.9. The van der Waals surface area contributed by atoms with Crippen LogP contribution in [0.4, 0.5) is 8.78 Å². The van der Waals surface area contributed by atoms with Crippen LogP contribution in [0.5, 0.6) is 0 Å². The van der Waals surface area contributed by atoms with Crippen LogP contribution in [-0.4, -0.2) is 48.3 Å². The number of hydrogen-bond acceptors (Lipinski definition) is 3. The molecule has 0 bridgehead atoms. The molecule has 0 aliphatic carbocycles. The molecule has 1 atom stereocenters. The van der Waals surface area contributed by atoms with E-state index in [1.54, 1.807) is 0 Å². The zero-order valence-corrected chi connectivity index (χ0v) is 9.60. The van der Waals surface area contributed by atoms with Gasteiger partial charge in [0.25, 0.3) is 5.91 Å². The van der Waals surface area contributed by atoms with Gasteiger partial charge >= 0.3 is 0 Å². The lowest BCUT2D eigenvalue weighted by atomic mass is 10.1. The molecule has 2 rings (SSSR count). The molecule has 0 radical (unpaired) electrons. The summed E-state index contributed by atoms with van der Waals surface area (Å²) in [6.45, 7) is 0.705. The lowest BCUT2D eigenvalue weighted by Gasteiger charge is -2.34. The zero-order valence-electron chi connectivity index (χ0n) is 9.60. The molecular weight excluding hydrogens is 244 g/mol. The second-order valence-corrected chi connectivity index (χ2v) is 4.04. The number of ether oxygens (including phenoxy) is 1. The fourth-order valence-corrected chi connectivity index (χ4v) is 1.87. The average molecular weight is 257 g/mol. The molecule has 1 saturated heterocycles. The van der Waals surface area contributed by atoms with E-state index in [0.29, 0.717) is 13.2 Å². The number of benzene rings is 1. The van der Waals surface area contributed by atoms with Crippen molar-refractivity contribution in [2.75, 3.05) is 26.4 Å². The number of amides is 1. The van der Waals surface area contributed by atoms with Crippen LogP contribution < -0.4 is 0 Å². The molecule has 0 spiro atoms. The maximum absolute atomic E-state index is 13.1. The molecule has 1 heterocycles. The maximum atomic E-state index is 13.1. The number of halogens is 2. The molecule has 1 aliphatic rings. The predicted octanol–water partition coefficient (Wildman–Crippen LogP) is 0.798. The van der Waals surface area contributed by atoms with Gasteiger partial charge in [-0.2, -0.15) is 0 Å². The Morgan fingerprint density at radius 1 is 1.44 bits per heavy atom. The molecule has 1 aromatic carbocycles. The van der Waals surface area contributed by atoms with Gasteiger partial charge in [-0.3, -0.25) is 4.79 Å². The summed E-state index contributed by atoms with van der Waals surface area (Å²) in [5.74, 6) is -2.49. The molecule has 1 N–H and O–H groups in total. The predicted molar refractivity (Wildman–Crippen MR) is 59.1 cm³/mol. The van der Waals surface area contributed by atoms with Crippen LogP contribution in [0.2, 0.25) is 0 Å². The lowest BCUT2D eigenvalue weighted by Crippen LogP contribution is -2.50. The number of aliphatic hydroxyl groups excluding tert-OH is 1. The molecule has 1 aromatic rings. The van der Waals surface area contributed by atoms with Crippen molar-refractivity contribution in [1.82, 2.24) is 4.90 Å². The van der Waals surface area contributed by atoms with Gasteiger partial charge < -0.3 is 14.7 Å². The Labute approximate surface area is 103 Å². The normalized spacial score (nSPS) is 19.9. The number of carbonyl (C=O) groups is 1. The molecule has 0 aromatic heterocycles. The van der Waals surface area contributed by atoms with E-state index < -0.39 is 23.6 Å². The fraction of sp³-hybridized carbons (Fsp3) is 0.417. The summed E-state index contributed by atoms with van der Waals surface area (Å²) >= 11 is 0. The molecule has 1 aliphatic heterocycles. The summed E-state index contributed by atoms with van der Waals surface area (Å²) in [6.07, 6.45) is 0. The Morgan fingerprint density at radius 3 is 2.89 bits per heavy atom. The minimum absolute atomic E-state index is 0.0641. The SMILES string of the molecule is O=C(c1ccc(F)c(F)c1)N1CCOC[C@@H]1CO. The summed E-state index contributed by atoms with van der Waals surface area (Å²) in [6, 6.07) is 2.56. The van der Waals surface area contributed by atoms with Crippen molar-refractivity contribution in [3.63, 3.8) is 0 Å². The second kappa shape index (κ2) is 5.41. The van der Waals surface area contributed by atoms with E-state index in [9.17, 15) is 13.6 Å². The van der Waals surface area contributed by atoms with Crippen LogP contribution in [0.1, 0.15) is 10.4 Å². The summed E-state index contributed by atoms with van der Waals surface area (Å²) in [7, 11) is 0. The first-order chi connectivity index (χ1) is 8.63. The smallest absolute Gasteiger partial charge is 0.254 e. The number of morpholine rings is 1. The van der Waals surface area contributed by atoms with E-state index in [1.165, 1.54) is 11.0 Å². The molecule has 0 saturated carbocycles. The van der Waals surface area contributed by atoms with E-state index in [2.05, 4.69) is 0 Å². The van der Waals surface area contributed by atoms with Crippen molar-refractivity contribution < 1.29 is 23.4 Å². The molecule has 4 nitrogen and oxygen atoms in total. The van der Waals surface area contributed by atoms with Crippen LogP contribution in [-0.2, 0) is 4.74 Å². The summed E-state index contributed by atoms with van der Waals surface area (Å²) in [5.41, 5.74) is 0.0641. The minimum atomic E-state index is -1.06. The Morgan fingerprint density at radius 2 is 2.22 bits per heavy atom. The van der Waals surface area contributed by atoms with E-state index in [-0.39, 0.29) is 18.8 Å². The second-order valence-electron chi connectivity index (χ2n) is 4.04. The highest BCUT2D eigenvalue weighted by Gasteiger charge is 2.27. The van der Waals surface area contributed by atoms with Gasteiger partial charge in [-0.25, -0.2) is 8.78 Å². The summed E-state index contributed by atoms with van der Waals surface area (Å²) < 4.78 is 31.0. The van der Waals surface area contributed by atoms with Crippen LogP contribution in [0.25, 0.3) is 0 Å². The van der Waals surface area contributed by atoms with Crippen molar-refractivity contribution in [2.45, 2.75) is 6.04 Å². The first-order valence-electron chi connectivity index (χ1n) is 5.58. The van der Waals surface area contributed by atoms with Gasteiger partial charge in [0.05, 0.1) is 25.9 Å². The van der Waals surface area contributed by atoms with Crippen LogP contribution in [0.3, 0.4) is 0 Å². The highest BCUT2D eigenvalue weighted by molar-refractivity contribution is 5.94. The van der Waals surface area contributed by atoms with Crippen molar-refractivity contribution >= 4 is 5.91 Å². The van der Waals surface area contributed by atoms with Crippen LogP contribution in [0.15, 0.2) is 18.2 Å². The Kier molecular flexibility index (Phi) is 3.88. The van der Waals surface area contributed by atoms with E-state index >= 15 is 0 Å². The van der Waals surface area contributed by atoms with Crippen molar-refractivity contribution in [2.24, 2.45) is 0 Å². The zero-order chi connectivity index (χ0) is 13.1. The first-order valence-corrected chi connectivity index (χ1v) is 5.58. The van der Waals surface area contributed by atoms with Gasteiger partial charge in [0.2, 0.25) is 0 Å². The number of carbonyl (C=O) groups excluding carboxylic acids is 1. The van der Waals surface area contributed by atoms with Gasteiger partial charge in [-0.15, -0.1) is 0 Å². The molecular formula is C12H13F2NO3. The minimum Gasteiger partial charge on any atom is -0.394 e. The fourth-order valence-electron chi connectivity index (χ4n) is 1.87. The monoisotopic (exact) mass is 257 g/mol. The quantitative estimate of drug-likeness (QED) is 0.852. The van der Waals surface area contributed by atoms with Crippen molar-refractivity contribution in [3.05, 3.63) is 35.4 Å². The van der Waals surface area contributed by atoms with E-state index in [1.807, 2.05) is 0 Å². The largest absolute Gasteiger partial charge is 0.394 e. The Balaban J connectivity index is 2.21. The summed E-state index contributed by atoms with van der Waals surface area (Å²) in [5, 5.41) is 9.15. The lowest BCUT2D eigenvalue weighted by molar-refractivity contribution is -0.0184. The molecule has 1 fully saturated rings. The Hall–Kier alpha value is -1.53. The molecule has 18 heavy (non-hydrogen) atoms. The summed E-state index contributed by atoms with van der Waals surface area (Å²) in [4.78, 5) is 13.5. The van der Waals surface area contributed by atoms with Crippen molar-refractivity contribution in [1.29, 1.82) is 0 Å².